The third-order valence-electron chi connectivity index (χ3n) is 4.92. The molecule has 0 aliphatic rings. The Balaban J connectivity index is 1.68. The van der Waals surface area contributed by atoms with E-state index < -0.39 is 10.0 Å². The van der Waals surface area contributed by atoms with Gasteiger partial charge in [-0.1, -0.05) is 0 Å². The maximum atomic E-state index is 12.3. The molecule has 0 spiro atoms. The molecule has 4 aromatic rings. The number of hydrogen-bond donors (Lipinski definition) is 2. The van der Waals surface area contributed by atoms with Crippen LogP contribution in [0.3, 0.4) is 0 Å². The van der Waals surface area contributed by atoms with E-state index in [1.54, 1.807) is 36.1 Å². The summed E-state index contributed by atoms with van der Waals surface area (Å²) in [6.45, 7) is 3.68. The Hall–Kier alpha value is -4.20. The number of anilines is 5. The minimum absolute atomic E-state index is 0.284. The van der Waals surface area contributed by atoms with Gasteiger partial charge in [-0.05, 0) is 19.9 Å². The highest BCUT2D eigenvalue weighted by Crippen LogP contribution is 2.31. The Morgan fingerprint density at radius 2 is 1.56 bits per heavy atom. The zero-order valence-electron chi connectivity index (χ0n) is 19.2. The van der Waals surface area contributed by atoms with Crippen molar-refractivity contribution in [2.45, 2.75) is 13.8 Å². The summed E-state index contributed by atoms with van der Waals surface area (Å²) in [7, 11) is -0.350. The summed E-state index contributed by atoms with van der Waals surface area (Å²) in [5.74, 6) is 2.91. The smallest absolute Gasteiger partial charge is 0.232 e. The van der Waals surface area contributed by atoms with E-state index in [4.69, 9.17) is 0 Å². The maximum absolute atomic E-state index is 12.3. The summed E-state index contributed by atoms with van der Waals surface area (Å²) in [5.41, 5.74) is 1.69. The number of hydrogen-bond acceptors (Lipinski definition) is 11. The van der Waals surface area contributed by atoms with Gasteiger partial charge in [0.1, 0.15) is 35.9 Å². The molecule has 0 saturated carbocycles. The minimum atomic E-state index is -3.58. The third kappa shape index (κ3) is 5.06. The second-order valence-corrected chi connectivity index (χ2v) is 9.53. The quantitative estimate of drug-likeness (QED) is 0.397. The van der Waals surface area contributed by atoms with E-state index in [9.17, 15) is 8.42 Å². The van der Waals surface area contributed by atoms with E-state index in [1.807, 2.05) is 13.8 Å². The van der Waals surface area contributed by atoms with Crippen LogP contribution in [0.15, 0.2) is 37.1 Å². The molecule has 0 aliphatic heterocycles. The normalized spacial score (nSPS) is 11.3. The summed E-state index contributed by atoms with van der Waals surface area (Å²) >= 11 is 0. The highest BCUT2D eigenvalue weighted by atomic mass is 32.2. The van der Waals surface area contributed by atoms with Gasteiger partial charge in [0.2, 0.25) is 10.0 Å². The van der Waals surface area contributed by atoms with E-state index in [0.717, 1.165) is 22.1 Å². The van der Waals surface area contributed by atoms with Gasteiger partial charge in [0.05, 0.1) is 11.9 Å². The van der Waals surface area contributed by atoms with E-state index in [2.05, 4.69) is 45.6 Å². The molecule has 0 saturated heterocycles. The SMILES string of the molecule is Cc1cc(Nc2cc(Nc3ncc(-c4nc(C)n(C)n4)cc3N(C)S(C)(=O)=O)ncn2)ncn1. The van der Waals surface area contributed by atoms with E-state index in [-0.39, 0.29) is 5.82 Å². The highest BCUT2D eigenvalue weighted by Gasteiger charge is 2.20. The number of sulfonamides is 1. The Morgan fingerprint density at radius 1 is 0.912 bits per heavy atom. The summed E-state index contributed by atoms with van der Waals surface area (Å²) in [6.07, 6.45) is 5.51. The lowest BCUT2D eigenvalue weighted by molar-refractivity contribution is 0.600. The van der Waals surface area contributed by atoms with Crippen molar-refractivity contribution in [1.82, 2.24) is 39.7 Å². The molecule has 14 heteroatoms. The monoisotopic (exact) mass is 481 g/mol. The van der Waals surface area contributed by atoms with Gasteiger partial charge >= 0.3 is 0 Å². The molecule has 0 aliphatic carbocycles. The molecule has 0 fully saturated rings. The molecule has 13 nitrogen and oxygen atoms in total. The number of aryl methyl sites for hydroxylation is 3. The lowest BCUT2D eigenvalue weighted by atomic mass is 10.2. The van der Waals surface area contributed by atoms with Gasteiger partial charge in [0.15, 0.2) is 11.6 Å². The van der Waals surface area contributed by atoms with Crippen LogP contribution in [0.1, 0.15) is 11.5 Å². The molecule has 0 aromatic carbocycles. The Kier molecular flexibility index (Phi) is 6.06. The molecular formula is C20H23N11O2S. The minimum Gasteiger partial charge on any atom is -0.325 e. The van der Waals surface area contributed by atoms with Crippen molar-refractivity contribution in [3.63, 3.8) is 0 Å². The van der Waals surface area contributed by atoms with E-state index in [1.165, 1.54) is 19.7 Å². The molecule has 4 aromatic heterocycles. The first kappa shape index (κ1) is 23.0. The van der Waals surface area contributed by atoms with Crippen LogP contribution in [0.5, 0.6) is 0 Å². The molecule has 0 bridgehead atoms. The van der Waals surface area contributed by atoms with E-state index >= 15 is 0 Å². The Labute approximate surface area is 196 Å². The summed E-state index contributed by atoms with van der Waals surface area (Å²) in [4.78, 5) is 25.5. The van der Waals surface area contributed by atoms with Crippen molar-refractivity contribution in [1.29, 1.82) is 0 Å². The van der Waals surface area contributed by atoms with Gasteiger partial charge in [-0.2, -0.15) is 5.10 Å². The zero-order valence-corrected chi connectivity index (χ0v) is 20.0. The summed E-state index contributed by atoms with van der Waals surface area (Å²) in [6, 6.07) is 5.10. The zero-order chi connectivity index (χ0) is 24.5. The first-order chi connectivity index (χ1) is 16.1. The van der Waals surface area contributed by atoms with Crippen LogP contribution in [0.2, 0.25) is 0 Å². The second kappa shape index (κ2) is 8.97. The second-order valence-electron chi connectivity index (χ2n) is 7.51. The lowest BCUT2D eigenvalue weighted by Crippen LogP contribution is -2.26. The van der Waals surface area contributed by atoms with Gasteiger partial charge in [0, 0.05) is 43.7 Å². The number of nitrogens with zero attached hydrogens (tertiary/aromatic N) is 9. The number of nitrogens with one attached hydrogen (secondary N) is 2. The first-order valence-electron chi connectivity index (χ1n) is 10.1. The predicted octanol–water partition coefficient (Wildman–Crippen LogP) is 1.96. The summed E-state index contributed by atoms with van der Waals surface area (Å²) in [5, 5.41) is 10.5. The average molecular weight is 482 g/mol. The molecule has 2 N–H and O–H groups in total. The fraction of sp³-hybridized carbons (Fsp3) is 0.250. The van der Waals surface area contributed by atoms with Crippen molar-refractivity contribution >= 4 is 39.0 Å². The van der Waals surface area contributed by atoms with Gasteiger partial charge in [0.25, 0.3) is 0 Å². The molecular weight excluding hydrogens is 458 g/mol. The Morgan fingerprint density at radius 3 is 2.18 bits per heavy atom. The van der Waals surface area contributed by atoms with Crippen LogP contribution < -0.4 is 14.9 Å². The van der Waals surface area contributed by atoms with Crippen molar-refractivity contribution in [2.75, 3.05) is 28.2 Å². The highest BCUT2D eigenvalue weighted by molar-refractivity contribution is 7.92. The molecule has 34 heavy (non-hydrogen) atoms. The van der Waals surface area contributed by atoms with Crippen molar-refractivity contribution in [2.24, 2.45) is 7.05 Å². The van der Waals surface area contributed by atoms with Crippen LogP contribution in [0.25, 0.3) is 11.4 Å². The Bertz CT molecular complexity index is 1430. The topological polar surface area (TPSA) is 157 Å². The molecule has 0 atom stereocenters. The number of pyridine rings is 1. The molecule has 176 valence electrons. The average Bonchev–Trinajstić information content (AvgIpc) is 3.11. The molecule has 0 unspecified atom stereocenters. The van der Waals surface area contributed by atoms with Gasteiger partial charge in [-0.25, -0.2) is 38.3 Å². The maximum Gasteiger partial charge on any atom is 0.232 e. The molecule has 4 heterocycles. The van der Waals surface area contributed by atoms with Crippen LogP contribution >= 0.6 is 0 Å². The largest absolute Gasteiger partial charge is 0.325 e. The van der Waals surface area contributed by atoms with Crippen molar-refractivity contribution in [3.8, 4) is 11.4 Å². The van der Waals surface area contributed by atoms with E-state index in [0.29, 0.717) is 34.5 Å². The predicted molar refractivity (Wildman–Crippen MR) is 128 cm³/mol. The third-order valence-corrected chi connectivity index (χ3v) is 6.11. The lowest BCUT2D eigenvalue weighted by Gasteiger charge is -2.20. The van der Waals surface area contributed by atoms with Crippen molar-refractivity contribution in [3.05, 3.63) is 48.6 Å². The standard InChI is InChI=1S/C20H23N11O2S/c1-12-6-16(23-10-22-12)27-17-8-18(25-11-24-17)28-20-15(31(4)34(5,32)33)7-14(9-21-20)19-26-13(2)30(3)29-19/h6-11H,1-5H3,(H2,21,22,23,24,25,27,28). The van der Waals surface area contributed by atoms with Gasteiger partial charge < -0.3 is 10.6 Å². The number of rotatable bonds is 7. The number of aromatic nitrogens is 8. The van der Waals surface area contributed by atoms with Crippen LogP contribution in [0.4, 0.5) is 29.0 Å². The molecule has 0 radical (unpaired) electrons. The summed E-state index contributed by atoms with van der Waals surface area (Å²) < 4.78 is 27.4. The van der Waals surface area contributed by atoms with Crippen molar-refractivity contribution < 1.29 is 8.42 Å². The van der Waals surface area contributed by atoms with Crippen LogP contribution in [-0.4, -0.2) is 61.4 Å². The van der Waals surface area contributed by atoms with Crippen LogP contribution in [-0.2, 0) is 17.1 Å². The molecule has 0 amide bonds. The van der Waals surface area contributed by atoms with Crippen LogP contribution in [0, 0.1) is 13.8 Å². The fourth-order valence-electron chi connectivity index (χ4n) is 2.94. The fourth-order valence-corrected chi connectivity index (χ4v) is 3.44. The first-order valence-corrected chi connectivity index (χ1v) is 11.9. The van der Waals surface area contributed by atoms with Gasteiger partial charge in [-0.15, -0.1) is 0 Å². The molecule has 4 rings (SSSR count). The van der Waals surface area contributed by atoms with Gasteiger partial charge in [-0.3, -0.25) is 8.99 Å².